The van der Waals surface area contributed by atoms with Gasteiger partial charge in [0.25, 0.3) is 0 Å². The number of nitrogens with one attached hydrogen (secondary N) is 2. The van der Waals surface area contributed by atoms with Gasteiger partial charge in [0.1, 0.15) is 0 Å². The minimum atomic E-state index is -0.388. The van der Waals surface area contributed by atoms with E-state index in [9.17, 15) is 9.59 Å². The number of halogens is 1. The average Bonchev–Trinajstić information content (AvgIpc) is 2.11. The highest BCUT2D eigenvalue weighted by Gasteiger charge is 2.20. The minimum absolute atomic E-state index is 0. The van der Waals surface area contributed by atoms with Crippen molar-refractivity contribution in [3.05, 3.63) is 0 Å². The lowest BCUT2D eigenvalue weighted by molar-refractivity contribution is -0.128. The molecule has 4 N–H and O–H groups in total. The molecular weight excluding hydrogens is 230 g/mol. The molecule has 5 nitrogen and oxygen atoms in total. The van der Waals surface area contributed by atoms with E-state index in [2.05, 4.69) is 10.6 Å². The second-order valence-corrected chi connectivity index (χ2v) is 4.39. The molecule has 96 valence electrons. The van der Waals surface area contributed by atoms with E-state index in [1.54, 1.807) is 0 Å². The van der Waals surface area contributed by atoms with Crippen molar-refractivity contribution in [1.82, 2.24) is 10.6 Å². The molecule has 0 aliphatic carbocycles. The number of rotatable bonds is 5. The Kier molecular flexibility index (Phi) is 9.18. The largest absolute Gasteiger partial charge is 0.354 e. The maximum absolute atomic E-state index is 11.4. The standard InChI is InChI=1S/C10H21N3O2.ClH/c1-10(2,3)9(15)13-7-6-12-8(14)4-5-11;/h4-7,11H2,1-3H3,(H,12,14)(H,13,15);1H. The van der Waals surface area contributed by atoms with Crippen LogP contribution < -0.4 is 16.4 Å². The van der Waals surface area contributed by atoms with E-state index < -0.39 is 0 Å². The van der Waals surface area contributed by atoms with Crippen LogP contribution in [0, 0.1) is 5.41 Å². The molecule has 0 aromatic heterocycles. The third kappa shape index (κ3) is 8.49. The van der Waals surface area contributed by atoms with Crippen LogP contribution in [0.1, 0.15) is 27.2 Å². The van der Waals surface area contributed by atoms with E-state index >= 15 is 0 Å². The van der Waals surface area contributed by atoms with Gasteiger partial charge in [-0.15, -0.1) is 12.4 Å². The number of hydrogen-bond donors (Lipinski definition) is 3. The average molecular weight is 252 g/mol. The Morgan fingerprint density at radius 2 is 1.62 bits per heavy atom. The molecule has 0 rings (SSSR count). The van der Waals surface area contributed by atoms with Crippen molar-refractivity contribution in [2.24, 2.45) is 11.1 Å². The van der Waals surface area contributed by atoms with Gasteiger partial charge in [-0.2, -0.15) is 0 Å². The molecule has 0 heterocycles. The van der Waals surface area contributed by atoms with Gasteiger partial charge in [0, 0.05) is 31.5 Å². The van der Waals surface area contributed by atoms with E-state index in [4.69, 9.17) is 5.73 Å². The van der Waals surface area contributed by atoms with Gasteiger partial charge in [0.2, 0.25) is 11.8 Å². The minimum Gasteiger partial charge on any atom is -0.354 e. The molecule has 0 fully saturated rings. The summed E-state index contributed by atoms with van der Waals surface area (Å²) in [6, 6.07) is 0. The van der Waals surface area contributed by atoms with Gasteiger partial charge >= 0.3 is 0 Å². The van der Waals surface area contributed by atoms with Gasteiger partial charge < -0.3 is 16.4 Å². The highest BCUT2D eigenvalue weighted by Crippen LogP contribution is 2.11. The Morgan fingerprint density at radius 3 is 2.06 bits per heavy atom. The Labute approximate surface area is 103 Å². The molecule has 0 aromatic carbocycles. The fourth-order valence-electron chi connectivity index (χ4n) is 0.863. The van der Waals surface area contributed by atoms with Crippen LogP contribution in [0.15, 0.2) is 0 Å². The summed E-state index contributed by atoms with van der Waals surface area (Å²) in [5.74, 6) is -0.0990. The number of carbonyl (C=O) groups is 2. The van der Waals surface area contributed by atoms with Crippen LogP contribution in [0.3, 0.4) is 0 Å². The smallest absolute Gasteiger partial charge is 0.225 e. The van der Waals surface area contributed by atoms with E-state index in [1.165, 1.54) is 0 Å². The molecule has 0 aliphatic rings. The molecule has 2 amide bonds. The molecule has 0 saturated carbocycles. The molecule has 16 heavy (non-hydrogen) atoms. The zero-order valence-corrected chi connectivity index (χ0v) is 10.9. The Bertz CT molecular complexity index is 227. The summed E-state index contributed by atoms with van der Waals surface area (Å²) in [5.41, 5.74) is 4.82. The zero-order valence-electron chi connectivity index (χ0n) is 10.1. The SMILES string of the molecule is CC(C)(C)C(=O)NCCNC(=O)CCN.Cl. The predicted molar refractivity (Wildman–Crippen MR) is 66.4 cm³/mol. The van der Waals surface area contributed by atoms with Crippen molar-refractivity contribution < 1.29 is 9.59 Å². The topological polar surface area (TPSA) is 84.2 Å². The van der Waals surface area contributed by atoms with E-state index in [0.717, 1.165) is 0 Å². The van der Waals surface area contributed by atoms with E-state index in [0.29, 0.717) is 26.1 Å². The van der Waals surface area contributed by atoms with Crippen LogP contribution in [-0.4, -0.2) is 31.4 Å². The molecule has 0 aromatic rings. The Morgan fingerprint density at radius 1 is 1.12 bits per heavy atom. The van der Waals surface area contributed by atoms with Crippen molar-refractivity contribution in [3.63, 3.8) is 0 Å². The van der Waals surface area contributed by atoms with Crippen LogP contribution in [0.5, 0.6) is 0 Å². The lowest BCUT2D eigenvalue weighted by atomic mass is 9.96. The first-order chi connectivity index (χ1) is 6.88. The van der Waals surface area contributed by atoms with Gasteiger partial charge in [-0.25, -0.2) is 0 Å². The van der Waals surface area contributed by atoms with Gasteiger partial charge in [-0.05, 0) is 0 Å². The maximum Gasteiger partial charge on any atom is 0.225 e. The van der Waals surface area contributed by atoms with Crippen molar-refractivity contribution in [2.45, 2.75) is 27.2 Å². The third-order valence-corrected chi connectivity index (χ3v) is 1.79. The normalized spacial score (nSPS) is 10.2. The molecule has 0 radical (unpaired) electrons. The Balaban J connectivity index is 0. The fourth-order valence-corrected chi connectivity index (χ4v) is 0.863. The molecular formula is C10H22ClN3O2. The lowest BCUT2D eigenvalue weighted by Crippen LogP contribution is -2.40. The summed E-state index contributed by atoms with van der Waals surface area (Å²) in [4.78, 5) is 22.4. The zero-order chi connectivity index (χ0) is 11.9. The Hall–Kier alpha value is -0.810. The van der Waals surface area contributed by atoms with Crippen molar-refractivity contribution >= 4 is 24.2 Å². The van der Waals surface area contributed by atoms with Gasteiger partial charge in [0.15, 0.2) is 0 Å². The first-order valence-electron chi connectivity index (χ1n) is 5.13. The summed E-state index contributed by atoms with van der Waals surface area (Å²) < 4.78 is 0. The second-order valence-electron chi connectivity index (χ2n) is 4.39. The summed E-state index contributed by atoms with van der Waals surface area (Å²) in [7, 11) is 0. The van der Waals surface area contributed by atoms with Crippen LogP contribution in [0.25, 0.3) is 0 Å². The predicted octanol–water partition coefficient (Wildman–Crippen LogP) is 0.0355. The van der Waals surface area contributed by atoms with Crippen molar-refractivity contribution in [1.29, 1.82) is 0 Å². The van der Waals surface area contributed by atoms with Crippen LogP contribution in [-0.2, 0) is 9.59 Å². The third-order valence-electron chi connectivity index (χ3n) is 1.79. The monoisotopic (exact) mass is 251 g/mol. The van der Waals surface area contributed by atoms with E-state index in [-0.39, 0.29) is 29.6 Å². The van der Waals surface area contributed by atoms with E-state index in [1.807, 2.05) is 20.8 Å². The fraction of sp³-hybridized carbons (Fsp3) is 0.800. The summed E-state index contributed by atoms with van der Waals surface area (Å²) in [6.07, 6.45) is 0.327. The van der Waals surface area contributed by atoms with Crippen LogP contribution >= 0.6 is 12.4 Å². The van der Waals surface area contributed by atoms with Gasteiger partial charge in [0.05, 0.1) is 0 Å². The molecule has 0 aliphatic heterocycles. The number of carbonyl (C=O) groups excluding carboxylic acids is 2. The summed E-state index contributed by atoms with van der Waals surface area (Å²) in [6.45, 7) is 6.77. The molecule has 0 atom stereocenters. The number of hydrogen-bond acceptors (Lipinski definition) is 3. The van der Waals surface area contributed by atoms with Crippen molar-refractivity contribution in [2.75, 3.05) is 19.6 Å². The highest BCUT2D eigenvalue weighted by molar-refractivity contribution is 5.85. The lowest BCUT2D eigenvalue weighted by Gasteiger charge is -2.17. The highest BCUT2D eigenvalue weighted by atomic mass is 35.5. The molecule has 0 unspecified atom stereocenters. The molecule has 0 spiro atoms. The molecule has 0 saturated heterocycles. The maximum atomic E-state index is 11.4. The first kappa shape index (κ1) is 17.6. The second kappa shape index (κ2) is 8.35. The summed E-state index contributed by atoms with van der Waals surface area (Å²) in [5, 5.41) is 5.39. The molecule has 0 bridgehead atoms. The first-order valence-corrected chi connectivity index (χ1v) is 5.13. The summed E-state index contributed by atoms with van der Waals surface area (Å²) >= 11 is 0. The van der Waals surface area contributed by atoms with Crippen LogP contribution in [0.2, 0.25) is 0 Å². The number of amides is 2. The van der Waals surface area contributed by atoms with Crippen molar-refractivity contribution in [3.8, 4) is 0 Å². The van der Waals surface area contributed by atoms with Gasteiger partial charge in [-0.3, -0.25) is 9.59 Å². The van der Waals surface area contributed by atoms with Gasteiger partial charge in [-0.1, -0.05) is 20.8 Å². The quantitative estimate of drug-likeness (QED) is 0.603. The molecule has 6 heteroatoms. The number of nitrogens with two attached hydrogens (primary N) is 1. The van der Waals surface area contributed by atoms with Crippen LogP contribution in [0.4, 0.5) is 0 Å².